The molecular weight excluding hydrogens is 390 g/mol. The molecule has 1 fully saturated rings. The van der Waals surface area contributed by atoms with Gasteiger partial charge in [0, 0.05) is 49.6 Å². The number of urea groups is 1. The lowest BCUT2D eigenvalue weighted by Crippen LogP contribution is -2.47. The minimum atomic E-state index is -0.0689. The highest BCUT2D eigenvalue weighted by molar-refractivity contribution is 6.31. The summed E-state index contributed by atoms with van der Waals surface area (Å²) in [6.45, 7) is 9.77. The maximum absolute atomic E-state index is 12.8. The van der Waals surface area contributed by atoms with Gasteiger partial charge in [-0.1, -0.05) is 29.8 Å². The topological polar surface area (TPSA) is 62.6 Å². The summed E-state index contributed by atoms with van der Waals surface area (Å²) in [5, 5.41) is 3.74. The summed E-state index contributed by atoms with van der Waals surface area (Å²) in [5.41, 5.74) is 1.03. The van der Waals surface area contributed by atoms with Crippen LogP contribution >= 0.6 is 11.6 Å². The number of imidazole rings is 1. The summed E-state index contributed by atoms with van der Waals surface area (Å²) < 4.78 is 7.46. The number of rotatable bonds is 8. The standard InChI is InChI=1S/C21H30ClN5O2/c1-17(2)24-21(28)27(10-9-25-11-13-29-14-12-25)16-20-23-7-8-26(20)15-18-5-3-4-6-19(18)22/h3-8,17H,9-16H2,1-2H3,(H,24,28). The van der Waals surface area contributed by atoms with Crippen molar-refractivity contribution in [2.75, 3.05) is 39.4 Å². The van der Waals surface area contributed by atoms with E-state index in [4.69, 9.17) is 16.3 Å². The fourth-order valence-electron chi connectivity index (χ4n) is 3.29. The van der Waals surface area contributed by atoms with Gasteiger partial charge < -0.3 is 19.5 Å². The number of ether oxygens (including phenoxy) is 1. The number of hydrogen-bond acceptors (Lipinski definition) is 4. The molecule has 1 aromatic heterocycles. The van der Waals surface area contributed by atoms with Crippen molar-refractivity contribution in [3.8, 4) is 0 Å². The molecule has 2 amide bonds. The number of carbonyl (C=O) groups excluding carboxylic acids is 1. The minimum Gasteiger partial charge on any atom is -0.379 e. The highest BCUT2D eigenvalue weighted by Gasteiger charge is 2.19. The molecule has 0 radical (unpaired) electrons. The first-order chi connectivity index (χ1) is 14.0. The molecule has 3 rings (SSSR count). The van der Waals surface area contributed by atoms with Gasteiger partial charge in [0.05, 0.1) is 26.3 Å². The summed E-state index contributed by atoms with van der Waals surface area (Å²) in [7, 11) is 0. The highest BCUT2D eigenvalue weighted by atomic mass is 35.5. The van der Waals surface area contributed by atoms with Crippen molar-refractivity contribution >= 4 is 17.6 Å². The fourth-order valence-corrected chi connectivity index (χ4v) is 3.49. The van der Waals surface area contributed by atoms with Gasteiger partial charge in [0.15, 0.2) is 0 Å². The first kappa shape index (κ1) is 21.6. The Hall–Kier alpha value is -2.09. The number of nitrogens with zero attached hydrogens (tertiary/aromatic N) is 4. The summed E-state index contributed by atoms with van der Waals surface area (Å²) in [6, 6.07) is 7.80. The van der Waals surface area contributed by atoms with Crippen LogP contribution in [-0.2, 0) is 17.8 Å². The molecule has 1 aliphatic rings. The Morgan fingerprint density at radius 2 is 2.07 bits per heavy atom. The molecule has 1 saturated heterocycles. The molecule has 8 heteroatoms. The van der Waals surface area contributed by atoms with Gasteiger partial charge in [-0.3, -0.25) is 4.90 Å². The van der Waals surface area contributed by atoms with Crippen LogP contribution in [0.3, 0.4) is 0 Å². The Labute approximate surface area is 177 Å². The largest absolute Gasteiger partial charge is 0.379 e. The number of nitrogens with one attached hydrogen (secondary N) is 1. The van der Waals surface area contributed by atoms with E-state index >= 15 is 0 Å². The van der Waals surface area contributed by atoms with Gasteiger partial charge in [0.25, 0.3) is 0 Å². The van der Waals surface area contributed by atoms with Crippen LogP contribution in [-0.4, -0.2) is 70.8 Å². The van der Waals surface area contributed by atoms with Gasteiger partial charge in [0.2, 0.25) is 0 Å². The Bertz CT molecular complexity index is 789. The number of aromatic nitrogens is 2. The van der Waals surface area contributed by atoms with E-state index in [0.717, 1.165) is 49.3 Å². The van der Waals surface area contributed by atoms with Crippen LogP contribution in [0.1, 0.15) is 25.2 Å². The summed E-state index contributed by atoms with van der Waals surface area (Å²) in [4.78, 5) is 21.5. The predicted molar refractivity (Wildman–Crippen MR) is 114 cm³/mol. The molecule has 1 N–H and O–H groups in total. The molecule has 0 unspecified atom stereocenters. The summed E-state index contributed by atoms with van der Waals surface area (Å²) in [5.74, 6) is 0.839. The van der Waals surface area contributed by atoms with Crippen LogP contribution in [0.2, 0.25) is 5.02 Å². The molecule has 0 aliphatic carbocycles. The SMILES string of the molecule is CC(C)NC(=O)N(CCN1CCOCC1)Cc1nccn1Cc1ccccc1Cl. The third-order valence-corrected chi connectivity index (χ3v) is 5.29. The van der Waals surface area contributed by atoms with Crippen molar-refractivity contribution in [1.29, 1.82) is 0 Å². The van der Waals surface area contributed by atoms with Gasteiger partial charge in [-0.15, -0.1) is 0 Å². The lowest BCUT2D eigenvalue weighted by molar-refractivity contribution is 0.0345. The molecule has 2 heterocycles. The van der Waals surface area contributed by atoms with Crippen molar-refractivity contribution in [3.05, 3.63) is 53.1 Å². The van der Waals surface area contributed by atoms with Crippen molar-refractivity contribution in [1.82, 2.24) is 24.7 Å². The molecule has 1 aliphatic heterocycles. The number of benzene rings is 1. The molecule has 158 valence electrons. The van der Waals surface area contributed by atoms with E-state index in [2.05, 4.69) is 15.2 Å². The van der Waals surface area contributed by atoms with Crippen LogP contribution in [0.5, 0.6) is 0 Å². The van der Waals surface area contributed by atoms with Crippen molar-refractivity contribution < 1.29 is 9.53 Å². The number of hydrogen-bond donors (Lipinski definition) is 1. The number of morpholine rings is 1. The van der Waals surface area contributed by atoms with E-state index in [1.165, 1.54) is 0 Å². The predicted octanol–water partition coefficient (Wildman–Crippen LogP) is 2.84. The van der Waals surface area contributed by atoms with Gasteiger partial charge in [-0.2, -0.15) is 0 Å². The monoisotopic (exact) mass is 419 g/mol. The zero-order valence-corrected chi connectivity index (χ0v) is 17.9. The molecule has 0 spiro atoms. The number of halogens is 1. The Balaban J connectivity index is 1.69. The van der Waals surface area contributed by atoms with E-state index in [1.807, 2.05) is 53.8 Å². The first-order valence-electron chi connectivity index (χ1n) is 10.1. The zero-order chi connectivity index (χ0) is 20.6. The fraction of sp³-hybridized carbons (Fsp3) is 0.524. The van der Waals surface area contributed by atoms with E-state index < -0.39 is 0 Å². The average molecular weight is 420 g/mol. The molecule has 2 aromatic rings. The lowest BCUT2D eigenvalue weighted by Gasteiger charge is -2.30. The average Bonchev–Trinajstić information content (AvgIpc) is 3.14. The van der Waals surface area contributed by atoms with E-state index in [9.17, 15) is 4.79 Å². The maximum atomic E-state index is 12.8. The van der Waals surface area contributed by atoms with Crippen LogP contribution in [0.4, 0.5) is 4.79 Å². The Kier molecular flexibility index (Phi) is 7.91. The zero-order valence-electron chi connectivity index (χ0n) is 17.2. The summed E-state index contributed by atoms with van der Waals surface area (Å²) in [6.07, 6.45) is 3.70. The van der Waals surface area contributed by atoms with E-state index in [-0.39, 0.29) is 12.1 Å². The molecular formula is C21H30ClN5O2. The second-order valence-electron chi connectivity index (χ2n) is 7.54. The maximum Gasteiger partial charge on any atom is 0.318 e. The van der Waals surface area contributed by atoms with Gasteiger partial charge in [0.1, 0.15) is 5.82 Å². The van der Waals surface area contributed by atoms with Crippen molar-refractivity contribution in [3.63, 3.8) is 0 Å². The number of amides is 2. The minimum absolute atomic E-state index is 0.0689. The number of carbonyl (C=O) groups is 1. The highest BCUT2D eigenvalue weighted by Crippen LogP contribution is 2.17. The molecule has 0 saturated carbocycles. The second kappa shape index (κ2) is 10.6. The molecule has 7 nitrogen and oxygen atoms in total. The van der Waals surface area contributed by atoms with Crippen LogP contribution < -0.4 is 5.32 Å². The second-order valence-corrected chi connectivity index (χ2v) is 7.95. The third kappa shape index (κ3) is 6.45. The van der Waals surface area contributed by atoms with Gasteiger partial charge in [-0.25, -0.2) is 9.78 Å². The van der Waals surface area contributed by atoms with Crippen molar-refractivity contribution in [2.45, 2.75) is 33.0 Å². The quantitative estimate of drug-likeness (QED) is 0.714. The van der Waals surface area contributed by atoms with E-state index in [1.54, 1.807) is 6.20 Å². The lowest BCUT2D eigenvalue weighted by atomic mass is 10.2. The van der Waals surface area contributed by atoms with Gasteiger partial charge in [-0.05, 0) is 25.5 Å². The van der Waals surface area contributed by atoms with Gasteiger partial charge >= 0.3 is 6.03 Å². The first-order valence-corrected chi connectivity index (χ1v) is 10.5. The van der Waals surface area contributed by atoms with Crippen LogP contribution in [0.15, 0.2) is 36.7 Å². The summed E-state index contributed by atoms with van der Waals surface area (Å²) >= 11 is 6.32. The molecule has 29 heavy (non-hydrogen) atoms. The van der Waals surface area contributed by atoms with Crippen LogP contribution in [0, 0.1) is 0 Å². The Morgan fingerprint density at radius 3 is 2.79 bits per heavy atom. The molecule has 1 aromatic carbocycles. The smallest absolute Gasteiger partial charge is 0.318 e. The Morgan fingerprint density at radius 1 is 1.31 bits per heavy atom. The van der Waals surface area contributed by atoms with Crippen molar-refractivity contribution in [2.24, 2.45) is 0 Å². The third-order valence-electron chi connectivity index (χ3n) is 4.92. The molecule has 0 bridgehead atoms. The normalized spacial score (nSPS) is 14.9. The van der Waals surface area contributed by atoms with Crippen LogP contribution in [0.25, 0.3) is 0 Å². The molecule has 0 atom stereocenters. The van der Waals surface area contributed by atoms with E-state index in [0.29, 0.717) is 19.6 Å².